The second kappa shape index (κ2) is 7.19. The number of hydrogen-bond donors (Lipinski definition) is 1. The molecule has 2 rings (SSSR count). The average molecular weight is 278 g/mol. The molecule has 0 heterocycles. The Morgan fingerprint density at radius 1 is 1.35 bits per heavy atom. The third kappa shape index (κ3) is 4.88. The molecule has 1 N–H and O–H groups in total. The fraction of sp³-hybridized carbons (Fsp3) is 0.647. The predicted octanol–water partition coefficient (Wildman–Crippen LogP) is 3.56. The number of nitrogens with zero attached hydrogens (tertiary/aromatic N) is 1. The minimum Gasteiger partial charge on any atom is -0.310 e. The second-order valence-electron chi connectivity index (χ2n) is 6.23. The lowest BCUT2D eigenvalue weighted by Crippen LogP contribution is -2.26. The molecule has 0 saturated heterocycles. The molecule has 0 aliphatic heterocycles. The zero-order valence-electron chi connectivity index (χ0n) is 13.0. The van der Waals surface area contributed by atoms with Gasteiger partial charge in [-0.3, -0.25) is 4.90 Å². The minimum atomic E-state index is -0.0763. The molecule has 20 heavy (non-hydrogen) atoms. The van der Waals surface area contributed by atoms with Crippen LogP contribution in [-0.2, 0) is 13.1 Å². The van der Waals surface area contributed by atoms with Crippen molar-refractivity contribution in [3.63, 3.8) is 0 Å². The van der Waals surface area contributed by atoms with Crippen molar-refractivity contribution >= 4 is 0 Å². The van der Waals surface area contributed by atoms with Gasteiger partial charge in [0.05, 0.1) is 0 Å². The summed E-state index contributed by atoms with van der Waals surface area (Å²) in [7, 11) is 0. The molecule has 0 atom stereocenters. The van der Waals surface area contributed by atoms with Gasteiger partial charge in [0.1, 0.15) is 5.82 Å². The zero-order chi connectivity index (χ0) is 14.5. The number of benzene rings is 1. The van der Waals surface area contributed by atoms with Gasteiger partial charge in [0.2, 0.25) is 0 Å². The maximum atomic E-state index is 14.0. The summed E-state index contributed by atoms with van der Waals surface area (Å²) in [5, 5.41) is 3.38. The Morgan fingerprint density at radius 3 is 2.70 bits per heavy atom. The number of nitrogens with one attached hydrogen (secondary N) is 1. The molecule has 1 aliphatic carbocycles. The third-order valence-corrected chi connectivity index (χ3v) is 3.88. The molecule has 1 aromatic rings. The van der Waals surface area contributed by atoms with Crippen molar-refractivity contribution in [1.29, 1.82) is 0 Å². The smallest absolute Gasteiger partial charge is 0.127 e. The maximum absolute atomic E-state index is 14.0. The summed E-state index contributed by atoms with van der Waals surface area (Å²) in [5.41, 5.74) is 1.99. The Morgan fingerprint density at radius 2 is 2.10 bits per heavy atom. The molecule has 0 aromatic heterocycles. The van der Waals surface area contributed by atoms with Gasteiger partial charge < -0.3 is 5.32 Å². The van der Waals surface area contributed by atoms with Gasteiger partial charge in [-0.05, 0) is 36.9 Å². The van der Waals surface area contributed by atoms with Crippen molar-refractivity contribution in [2.24, 2.45) is 5.92 Å². The van der Waals surface area contributed by atoms with Crippen LogP contribution in [0.2, 0.25) is 0 Å². The number of rotatable bonds is 8. The Labute approximate surface area is 122 Å². The van der Waals surface area contributed by atoms with Crippen LogP contribution in [0.4, 0.5) is 4.39 Å². The lowest BCUT2D eigenvalue weighted by molar-refractivity contribution is 0.264. The first-order valence-corrected chi connectivity index (χ1v) is 7.81. The van der Waals surface area contributed by atoms with E-state index in [-0.39, 0.29) is 5.82 Å². The van der Waals surface area contributed by atoms with Crippen molar-refractivity contribution in [1.82, 2.24) is 10.2 Å². The highest BCUT2D eigenvalue weighted by atomic mass is 19.1. The fourth-order valence-electron chi connectivity index (χ4n) is 2.39. The minimum absolute atomic E-state index is 0.0763. The fourth-order valence-corrected chi connectivity index (χ4v) is 2.39. The molecule has 0 spiro atoms. The van der Waals surface area contributed by atoms with E-state index in [0.717, 1.165) is 43.2 Å². The molecular formula is C17H27FN2. The van der Waals surface area contributed by atoms with Crippen molar-refractivity contribution < 1.29 is 4.39 Å². The van der Waals surface area contributed by atoms with Crippen LogP contribution < -0.4 is 5.32 Å². The quantitative estimate of drug-likeness (QED) is 0.782. The van der Waals surface area contributed by atoms with Gasteiger partial charge in [0, 0.05) is 31.2 Å². The van der Waals surface area contributed by atoms with Gasteiger partial charge in [-0.2, -0.15) is 0 Å². The molecule has 2 nitrogen and oxygen atoms in total. The van der Waals surface area contributed by atoms with Crippen LogP contribution >= 0.6 is 0 Å². The Balaban J connectivity index is 1.98. The normalized spacial score (nSPS) is 15.3. The van der Waals surface area contributed by atoms with E-state index in [4.69, 9.17) is 0 Å². The van der Waals surface area contributed by atoms with E-state index >= 15 is 0 Å². The average Bonchev–Trinajstić information content (AvgIpc) is 3.22. The van der Waals surface area contributed by atoms with E-state index in [1.807, 2.05) is 12.1 Å². The van der Waals surface area contributed by atoms with Gasteiger partial charge in [-0.15, -0.1) is 0 Å². The molecule has 3 heteroatoms. The summed E-state index contributed by atoms with van der Waals surface area (Å²) in [6, 6.07) is 5.95. The molecular weight excluding hydrogens is 251 g/mol. The predicted molar refractivity (Wildman–Crippen MR) is 82.1 cm³/mol. The van der Waals surface area contributed by atoms with Crippen molar-refractivity contribution in [3.05, 3.63) is 35.1 Å². The second-order valence-corrected chi connectivity index (χ2v) is 6.23. The molecule has 0 amide bonds. The maximum Gasteiger partial charge on any atom is 0.127 e. The third-order valence-electron chi connectivity index (χ3n) is 3.88. The van der Waals surface area contributed by atoms with E-state index in [1.54, 1.807) is 6.07 Å². The van der Waals surface area contributed by atoms with Crippen LogP contribution in [0.1, 0.15) is 44.7 Å². The van der Waals surface area contributed by atoms with Gasteiger partial charge >= 0.3 is 0 Å². The van der Waals surface area contributed by atoms with Gasteiger partial charge in [-0.1, -0.05) is 32.9 Å². The highest BCUT2D eigenvalue weighted by Crippen LogP contribution is 2.30. The lowest BCUT2D eigenvalue weighted by atomic mass is 10.1. The van der Waals surface area contributed by atoms with E-state index in [9.17, 15) is 4.39 Å². The van der Waals surface area contributed by atoms with Crippen LogP contribution in [0, 0.1) is 11.7 Å². The van der Waals surface area contributed by atoms with Crippen molar-refractivity contribution in [3.8, 4) is 0 Å². The van der Waals surface area contributed by atoms with Crippen LogP contribution in [0.25, 0.3) is 0 Å². The Kier molecular flexibility index (Phi) is 5.55. The lowest BCUT2D eigenvalue weighted by Gasteiger charge is -2.21. The molecule has 0 radical (unpaired) electrons. The first-order valence-electron chi connectivity index (χ1n) is 7.81. The summed E-state index contributed by atoms with van der Waals surface area (Å²) in [6.07, 6.45) is 2.69. The van der Waals surface area contributed by atoms with E-state index in [1.165, 1.54) is 12.8 Å². The standard InChI is InChI=1S/C17H27FN2/c1-4-20(11-14-5-6-14)12-16-9-15(7-8-17(16)18)10-19-13(2)3/h7-9,13-14,19H,4-6,10-12H2,1-3H3. The number of halogens is 1. The summed E-state index contributed by atoms with van der Waals surface area (Å²) >= 11 is 0. The molecule has 1 saturated carbocycles. The topological polar surface area (TPSA) is 15.3 Å². The molecule has 1 aromatic carbocycles. The van der Waals surface area contributed by atoms with E-state index in [2.05, 4.69) is 31.0 Å². The number of hydrogen-bond acceptors (Lipinski definition) is 2. The first kappa shape index (κ1) is 15.5. The van der Waals surface area contributed by atoms with E-state index < -0.39 is 0 Å². The molecule has 1 aliphatic rings. The summed E-state index contributed by atoms with van der Waals surface area (Å²) in [6.45, 7) is 10.0. The van der Waals surface area contributed by atoms with E-state index in [0.29, 0.717) is 6.04 Å². The summed E-state index contributed by atoms with van der Waals surface area (Å²) in [4.78, 5) is 2.36. The zero-order valence-corrected chi connectivity index (χ0v) is 13.0. The van der Waals surface area contributed by atoms with Crippen LogP contribution in [-0.4, -0.2) is 24.0 Å². The van der Waals surface area contributed by atoms with Crippen molar-refractivity contribution in [2.75, 3.05) is 13.1 Å². The van der Waals surface area contributed by atoms with Crippen LogP contribution in [0.5, 0.6) is 0 Å². The largest absolute Gasteiger partial charge is 0.310 e. The highest BCUT2D eigenvalue weighted by molar-refractivity contribution is 5.25. The molecule has 0 unspecified atom stereocenters. The van der Waals surface area contributed by atoms with Crippen LogP contribution in [0.15, 0.2) is 18.2 Å². The molecule has 1 fully saturated rings. The SMILES string of the molecule is CCN(Cc1cc(CNC(C)C)ccc1F)CC1CC1. The Bertz CT molecular complexity index is 427. The van der Waals surface area contributed by atoms with Gasteiger partial charge in [0.25, 0.3) is 0 Å². The van der Waals surface area contributed by atoms with Crippen LogP contribution in [0.3, 0.4) is 0 Å². The first-order chi connectivity index (χ1) is 9.58. The molecule has 112 valence electrons. The summed E-state index contributed by atoms with van der Waals surface area (Å²) in [5.74, 6) is 0.774. The monoisotopic (exact) mass is 278 g/mol. The molecule has 0 bridgehead atoms. The van der Waals surface area contributed by atoms with Crippen molar-refractivity contribution in [2.45, 2.75) is 52.7 Å². The summed E-state index contributed by atoms with van der Waals surface area (Å²) < 4.78 is 14.0. The highest BCUT2D eigenvalue weighted by Gasteiger charge is 2.24. The van der Waals surface area contributed by atoms with Gasteiger partial charge in [-0.25, -0.2) is 4.39 Å². The van der Waals surface area contributed by atoms with Gasteiger partial charge in [0.15, 0.2) is 0 Å². The Hall–Kier alpha value is -0.930.